The molecule has 0 radical (unpaired) electrons. The minimum atomic E-state index is 0.780. The third kappa shape index (κ3) is 5.30. The number of fused-ring (bicyclic) bond motifs is 2. The van der Waals surface area contributed by atoms with E-state index in [-0.39, 0.29) is 0 Å². The molecule has 2 aromatic rings. The minimum Gasteiger partial charge on any atom is -0.380 e. The Bertz CT molecular complexity index is 777. The Balaban J connectivity index is 1.27. The second-order valence-electron chi connectivity index (χ2n) is 8.41. The number of ether oxygens (including phenoxy) is 2. The van der Waals surface area contributed by atoms with Crippen LogP contribution in [0.2, 0.25) is 0 Å². The molecule has 32 heavy (non-hydrogen) atoms. The van der Waals surface area contributed by atoms with Crippen LogP contribution >= 0.6 is 0 Å². The predicted molar refractivity (Wildman–Crippen MR) is 134 cm³/mol. The fraction of sp³-hybridized carbons (Fsp3) is 0.538. The summed E-state index contributed by atoms with van der Waals surface area (Å²) in [5, 5.41) is 0. The molecule has 0 aliphatic carbocycles. The lowest BCUT2D eigenvalue weighted by molar-refractivity contribution is 0.154. The van der Waals surface area contributed by atoms with E-state index in [2.05, 4.69) is 82.0 Å². The van der Waals surface area contributed by atoms with E-state index in [1.807, 2.05) is 0 Å². The van der Waals surface area contributed by atoms with Crippen molar-refractivity contribution >= 4 is 22.7 Å². The van der Waals surface area contributed by atoms with Gasteiger partial charge in [-0.15, -0.1) is 0 Å². The standard InChI is InChI=1S/C26H38N4O2/c1-3-31-19-17-29-21-27(23-11-5-7-13-25(23)29)15-9-10-16-28-22-30(18-20-32-4-2)26-14-8-6-12-24(26)28/h5-8,11-14H,3-4,9-10,15-22H2,1-2H3. The average Bonchev–Trinajstić information content (AvgIpc) is 3.36. The number of para-hydroxylation sites is 4. The minimum absolute atomic E-state index is 0.780. The highest BCUT2D eigenvalue weighted by Crippen LogP contribution is 2.37. The fourth-order valence-electron chi connectivity index (χ4n) is 4.72. The first-order valence-electron chi connectivity index (χ1n) is 12.1. The van der Waals surface area contributed by atoms with Crippen molar-refractivity contribution in [1.29, 1.82) is 0 Å². The molecular formula is C26H38N4O2. The molecule has 0 bridgehead atoms. The highest BCUT2D eigenvalue weighted by molar-refractivity contribution is 5.77. The van der Waals surface area contributed by atoms with Gasteiger partial charge in [0, 0.05) is 39.4 Å². The van der Waals surface area contributed by atoms with Crippen LogP contribution in [0.1, 0.15) is 26.7 Å². The van der Waals surface area contributed by atoms with Crippen LogP contribution in [0.15, 0.2) is 48.5 Å². The number of rotatable bonds is 13. The van der Waals surface area contributed by atoms with Crippen molar-refractivity contribution in [3.63, 3.8) is 0 Å². The second kappa shape index (κ2) is 11.4. The Morgan fingerprint density at radius 3 is 1.25 bits per heavy atom. The lowest BCUT2D eigenvalue weighted by Gasteiger charge is -2.23. The molecule has 0 saturated heterocycles. The van der Waals surface area contributed by atoms with Crippen LogP contribution in [0.5, 0.6) is 0 Å². The molecule has 6 heteroatoms. The van der Waals surface area contributed by atoms with Gasteiger partial charge in [-0.1, -0.05) is 24.3 Å². The third-order valence-electron chi connectivity index (χ3n) is 6.33. The zero-order valence-electron chi connectivity index (χ0n) is 19.7. The number of unbranched alkanes of at least 4 members (excludes halogenated alkanes) is 1. The van der Waals surface area contributed by atoms with Crippen molar-refractivity contribution < 1.29 is 9.47 Å². The molecule has 0 spiro atoms. The second-order valence-corrected chi connectivity index (χ2v) is 8.41. The van der Waals surface area contributed by atoms with E-state index in [4.69, 9.17) is 9.47 Å². The number of anilines is 4. The van der Waals surface area contributed by atoms with Gasteiger partial charge >= 0.3 is 0 Å². The van der Waals surface area contributed by atoms with Crippen molar-refractivity contribution in [2.45, 2.75) is 26.7 Å². The molecule has 0 atom stereocenters. The summed E-state index contributed by atoms with van der Waals surface area (Å²) in [7, 11) is 0. The SMILES string of the molecule is CCOCCN1CN(CCCCN2CN(CCOCC)c3ccccc32)c2ccccc21. The molecule has 0 unspecified atom stereocenters. The van der Waals surface area contributed by atoms with E-state index in [0.29, 0.717) is 0 Å². The van der Waals surface area contributed by atoms with Crippen molar-refractivity contribution in [3.8, 4) is 0 Å². The van der Waals surface area contributed by atoms with Crippen LogP contribution in [0, 0.1) is 0 Å². The van der Waals surface area contributed by atoms with Crippen molar-refractivity contribution in [2.75, 3.05) is 85.5 Å². The van der Waals surface area contributed by atoms with Gasteiger partial charge in [-0.05, 0) is 51.0 Å². The first kappa shape index (κ1) is 22.7. The average molecular weight is 439 g/mol. The molecule has 4 rings (SSSR count). The summed E-state index contributed by atoms with van der Waals surface area (Å²) < 4.78 is 11.2. The normalized spacial score (nSPS) is 14.9. The Kier molecular flexibility index (Phi) is 8.13. The first-order chi connectivity index (χ1) is 15.8. The van der Waals surface area contributed by atoms with Crippen molar-refractivity contribution in [2.24, 2.45) is 0 Å². The van der Waals surface area contributed by atoms with Crippen LogP contribution < -0.4 is 19.6 Å². The van der Waals surface area contributed by atoms with Gasteiger partial charge in [-0.3, -0.25) is 0 Å². The Morgan fingerprint density at radius 2 is 0.906 bits per heavy atom. The van der Waals surface area contributed by atoms with Gasteiger partial charge in [-0.25, -0.2) is 0 Å². The van der Waals surface area contributed by atoms with Crippen LogP contribution in [0.4, 0.5) is 22.7 Å². The van der Waals surface area contributed by atoms with E-state index in [9.17, 15) is 0 Å². The smallest absolute Gasteiger partial charge is 0.0905 e. The highest BCUT2D eigenvalue weighted by atomic mass is 16.5. The quantitative estimate of drug-likeness (QED) is 0.431. The number of benzene rings is 2. The Labute approximate surface area is 193 Å². The lowest BCUT2D eigenvalue weighted by atomic mass is 10.2. The maximum absolute atomic E-state index is 5.59. The van der Waals surface area contributed by atoms with E-state index >= 15 is 0 Å². The molecule has 0 fully saturated rings. The Hall–Kier alpha value is -2.44. The third-order valence-corrected chi connectivity index (χ3v) is 6.33. The summed E-state index contributed by atoms with van der Waals surface area (Å²) in [5.41, 5.74) is 5.39. The summed E-state index contributed by atoms with van der Waals surface area (Å²) in [6.07, 6.45) is 2.37. The summed E-state index contributed by atoms with van der Waals surface area (Å²) >= 11 is 0. The first-order valence-corrected chi connectivity index (χ1v) is 12.1. The highest BCUT2D eigenvalue weighted by Gasteiger charge is 2.26. The molecule has 0 amide bonds. The van der Waals surface area contributed by atoms with Gasteiger partial charge in [0.15, 0.2) is 0 Å². The van der Waals surface area contributed by atoms with Crippen LogP contribution in [0.3, 0.4) is 0 Å². The van der Waals surface area contributed by atoms with Gasteiger partial charge in [0.1, 0.15) is 0 Å². The maximum atomic E-state index is 5.59. The topological polar surface area (TPSA) is 31.4 Å². The monoisotopic (exact) mass is 438 g/mol. The van der Waals surface area contributed by atoms with Gasteiger partial charge < -0.3 is 29.1 Å². The molecule has 2 aliphatic rings. The summed E-state index contributed by atoms with van der Waals surface area (Å²) in [6.45, 7) is 13.2. The number of nitrogens with zero attached hydrogens (tertiary/aromatic N) is 4. The largest absolute Gasteiger partial charge is 0.380 e. The molecule has 0 aromatic heterocycles. The van der Waals surface area contributed by atoms with Crippen LogP contribution in [-0.4, -0.2) is 65.9 Å². The zero-order chi connectivity index (χ0) is 22.2. The Morgan fingerprint density at radius 1 is 0.562 bits per heavy atom. The van der Waals surface area contributed by atoms with Crippen molar-refractivity contribution in [1.82, 2.24) is 0 Å². The summed E-state index contributed by atoms with van der Waals surface area (Å²) in [6, 6.07) is 17.5. The van der Waals surface area contributed by atoms with E-state index in [1.54, 1.807) is 0 Å². The molecule has 2 aromatic carbocycles. The number of hydrogen-bond acceptors (Lipinski definition) is 6. The van der Waals surface area contributed by atoms with Crippen LogP contribution in [-0.2, 0) is 9.47 Å². The zero-order valence-corrected chi connectivity index (χ0v) is 19.7. The maximum Gasteiger partial charge on any atom is 0.0905 e. The lowest BCUT2D eigenvalue weighted by Crippen LogP contribution is -2.35. The molecule has 174 valence electrons. The molecular weight excluding hydrogens is 400 g/mol. The molecule has 0 saturated carbocycles. The predicted octanol–water partition coefficient (Wildman–Crippen LogP) is 4.41. The van der Waals surface area contributed by atoms with E-state index in [1.165, 1.54) is 35.6 Å². The van der Waals surface area contributed by atoms with E-state index in [0.717, 1.165) is 65.9 Å². The number of hydrogen-bond donors (Lipinski definition) is 0. The van der Waals surface area contributed by atoms with E-state index < -0.39 is 0 Å². The molecule has 0 N–H and O–H groups in total. The summed E-state index contributed by atoms with van der Waals surface area (Å²) in [5.74, 6) is 0. The van der Waals surface area contributed by atoms with Crippen molar-refractivity contribution in [3.05, 3.63) is 48.5 Å². The fourth-order valence-corrected chi connectivity index (χ4v) is 4.72. The van der Waals surface area contributed by atoms with Crippen LogP contribution in [0.25, 0.3) is 0 Å². The van der Waals surface area contributed by atoms with Gasteiger partial charge in [0.2, 0.25) is 0 Å². The van der Waals surface area contributed by atoms with Gasteiger partial charge in [0.25, 0.3) is 0 Å². The molecule has 2 aliphatic heterocycles. The van der Waals surface area contributed by atoms with Gasteiger partial charge in [0.05, 0.1) is 49.3 Å². The summed E-state index contributed by atoms with van der Waals surface area (Å²) in [4.78, 5) is 9.93. The molecule has 2 heterocycles. The molecule has 6 nitrogen and oxygen atoms in total. The van der Waals surface area contributed by atoms with Gasteiger partial charge in [-0.2, -0.15) is 0 Å².